The molecular weight excluding hydrogens is 416 g/mol. The molecule has 3 aliphatic rings. The number of ether oxygens (including phenoxy) is 2. The lowest BCUT2D eigenvalue weighted by Gasteiger charge is -2.37. The fraction of sp³-hybridized carbons (Fsp3) is 0.500. The van der Waals surface area contributed by atoms with Gasteiger partial charge < -0.3 is 24.6 Å². The summed E-state index contributed by atoms with van der Waals surface area (Å²) in [5.74, 6) is 0.921. The molecule has 0 saturated carbocycles. The second-order valence-corrected chi connectivity index (χ2v) is 9.16. The second-order valence-electron chi connectivity index (χ2n) is 9.16. The zero-order valence-electron chi connectivity index (χ0n) is 19.2. The standard InChI is InChI=1S/C26H34N4O3/c31-26(33-20-21-4-2-1-3-5-21)29-14-12-28(13-15-29)16-17-32-25-10-8-22(9-11-25)30-23-6-7-24(30)19-27-18-23/h1-5,8-11,23-24,27H,6-7,12-20H2/t23-,24+. The second kappa shape index (κ2) is 10.4. The molecular formula is C26H34N4O3. The number of carbonyl (C=O) groups is 1. The predicted octanol–water partition coefficient (Wildman–Crippen LogP) is 2.96. The third kappa shape index (κ3) is 5.42. The van der Waals surface area contributed by atoms with E-state index in [1.54, 1.807) is 4.90 Å². The Morgan fingerprint density at radius 1 is 0.909 bits per heavy atom. The van der Waals surface area contributed by atoms with Gasteiger partial charge in [0.1, 0.15) is 19.0 Å². The minimum Gasteiger partial charge on any atom is -0.492 e. The average molecular weight is 451 g/mol. The van der Waals surface area contributed by atoms with Gasteiger partial charge in [0.2, 0.25) is 0 Å². The maximum Gasteiger partial charge on any atom is 0.410 e. The molecule has 5 rings (SSSR count). The van der Waals surface area contributed by atoms with E-state index in [1.807, 2.05) is 30.3 Å². The summed E-state index contributed by atoms with van der Waals surface area (Å²) in [6, 6.07) is 19.6. The maximum absolute atomic E-state index is 12.3. The van der Waals surface area contributed by atoms with E-state index in [0.29, 0.717) is 38.4 Å². The Labute approximate surface area is 196 Å². The van der Waals surface area contributed by atoms with Crippen molar-refractivity contribution in [2.75, 3.05) is 57.3 Å². The van der Waals surface area contributed by atoms with Crippen molar-refractivity contribution in [3.8, 4) is 5.75 Å². The van der Waals surface area contributed by atoms with Crippen LogP contribution in [-0.4, -0.2) is 80.4 Å². The van der Waals surface area contributed by atoms with Crippen molar-refractivity contribution in [2.45, 2.75) is 31.5 Å². The molecule has 3 heterocycles. The molecule has 3 fully saturated rings. The van der Waals surface area contributed by atoms with Crippen LogP contribution in [-0.2, 0) is 11.3 Å². The van der Waals surface area contributed by atoms with Crippen LogP contribution >= 0.6 is 0 Å². The molecule has 0 aliphatic carbocycles. The molecule has 0 aromatic heterocycles. The first kappa shape index (κ1) is 22.0. The van der Waals surface area contributed by atoms with Gasteiger partial charge in [-0.15, -0.1) is 0 Å². The Kier molecular flexibility index (Phi) is 6.98. The molecule has 0 spiro atoms. The summed E-state index contributed by atoms with van der Waals surface area (Å²) in [7, 11) is 0. The highest BCUT2D eigenvalue weighted by atomic mass is 16.6. The van der Waals surface area contributed by atoms with Crippen LogP contribution in [0.4, 0.5) is 10.5 Å². The van der Waals surface area contributed by atoms with Crippen LogP contribution in [0.15, 0.2) is 54.6 Å². The first-order chi connectivity index (χ1) is 16.3. The summed E-state index contributed by atoms with van der Waals surface area (Å²) in [5.41, 5.74) is 2.32. The Hall–Kier alpha value is -2.77. The third-order valence-electron chi connectivity index (χ3n) is 7.03. The fourth-order valence-electron chi connectivity index (χ4n) is 5.17. The van der Waals surface area contributed by atoms with Crippen LogP contribution in [0.25, 0.3) is 0 Å². The van der Waals surface area contributed by atoms with Crippen molar-refractivity contribution >= 4 is 11.8 Å². The molecule has 2 bridgehead atoms. The van der Waals surface area contributed by atoms with E-state index in [9.17, 15) is 4.79 Å². The largest absolute Gasteiger partial charge is 0.492 e. The average Bonchev–Trinajstić information content (AvgIpc) is 3.12. The number of fused-ring (bicyclic) bond motifs is 2. The van der Waals surface area contributed by atoms with E-state index in [2.05, 4.69) is 39.4 Å². The number of rotatable bonds is 7. The third-order valence-corrected chi connectivity index (χ3v) is 7.03. The molecule has 0 radical (unpaired) electrons. The van der Waals surface area contributed by atoms with Crippen molar-refractivity contribution in [3.05, 3.63) is 60.2 Å². The van der Waals surface area contributed by atoms with E-state index in [-0.39, 0.29) is 6.09 Å². The molecule has 7 heteroatoms. The van der Waals surface area contributed by atoms with Crippen molar-refractivity contribution in [1.29, 1.82) is 0 Å². The molecule has 1 N–H and O–H groups in total. The minimum absolute atomic E-state index is 0.229. The van der Waals surface area contributed by atoms with Crippen LogP contribution < -0.4 is 15.0 Å². The molecule has 176 valence electrons. The van der Waals surface area contributed by atoms with Crippen LogP contribution in [0.3, 0.4) is 0 Å². The Morgan fingerprint density at radius 3 is 2.30 bits per heavy atom. The van der Waals surface area contributed by atoms with E-state index in [1.165, 1.54) is 18.5 Å². The monoisotopic (exact) mass is 450 g/mol. The quantitative estimate of drug-likeness (QED) is 0.700. The van der Waals surface area contributed by atoms with E-state index < -0.39 is 0 Å². The normalized spacial score (nSPS) is 22.9. The van der Waals surface area contributed by atoms with Gasteiger partial charge in [0.15, 0.2) is 0 Å². The van der Waals surface area contributed by atoms with Gasteiger partial charge in [-0.1, -0.05) is 30.3 Å². The fourth-order valence-corrected chi connectivity index (χ4v) is 5.17. The predicted molar refractivity (Wildman–Crippen MR) is 129 cm³/mol. The van der Waals surface area contributed by atoms with Gasteiger partial charge in [-0.3, -0.25) is 4.90 Å². The molecule has 3 aliphatic heterocycles. The van der Waals surface area contributed by atoms with Gasteiger partial charge in [-0.25, -0.2) is 4.79 Å². The number of piperazine rings is 2. The number of hydrogen-bond donors (Lipinski definition) is 1. The van der Waals surface area contributed by atoms with E-state index >= 15 is 0 Å². The summed E-state index contributed by atoms with van der Waals surface area (Å²) in [5, 5.41) is 3.54. The van der Waals surface area contributed by atoms with E-state index in [4.69, 9.17) is 9.47 Å². The van der Waals surface area contributed by atoms with Crippen LogP contribution in [0, 0.1) is 0 Å². The highest BCUT2D eigenvalue weighted by Crippen LogP contribution is 2.33. The van der Waals surface area contributed by atoms with Crippen molar-refractivity contribution in [1.82, 2.24) is 15.1 Å². The lowest BCUT2D eigenvalue weighted by molar-refractivity contribution is 0.0684. The van der Waals surface area contributed by atoms with Gasteiger partial charge >= 0.3 is 6.09 Å². The Bertz CT molecular complexity index is 884. The zero-order chi connectivity index (χ0) is 22.5. The lowest BCUT2D eigenvalue weighted by Crippen LogP contribution is -2.51. The van der Waals surface area contributed by atoms with Gasteiger partial charge in [0.25, 0.3) is 0 Å². The molecule has 3 saturated heterocycles. The molecule has 0 unspecified atom stereocenters. The number of carbonyl (C=O) groups excluding carboxylic acids is 1. The van der Waals surface area contributed by atoms with Gasteiger partial charge in [0, 0.05) is 63.6 Å². The van der Waals surface area contributed by atoms with Gasteiger partial charge in [-0.2, -0.15) is 0 Å². The summed E-state index contributed by atoms with van der Waals surface area (Å²) >= 11 is 0. The number of hydrogen-bond acceptors (Lipinski definition) is 6. The van der Waals surface area contributed by atoms with Crippen molar-refractivity contribution in [2.24, 2.45) is 0 Å². The lowest BCUT2D eigenvalue weighted by atomic mass is 10.1. The Morgan fingerprint density at radius 2 is 1.61 bits per heavy atom. The van der Waals surface area contributed by atoms with Crippen LogP contribution in [0.1, 0.15) is 18.4 Å². The van der Waals surface area contributed by atoms with Crippen molar-refractivity contribution in [3.63, 3.8) is 0 Å². The first-order valence-corrected chi connectivity index (χ1v) is 12.2. The molecule has 2 aromatic rings. The number of nitrogens with one attached hydrogen (secondary N) is 1. The topological polar surface area (TPSA) is 57.3 Å². The minimum atomic E-state index is -0.229. The van der Waals surface area contributed by atoms with Crippen molar-refractivity contribution < 1.29 is 14.3 Å². The molecule has 1 amide bonds. The summed E-state index contributed by atoms with van der Waals surface area (Å²) < 4.78 is 11.5. The first-order valence-electron chi connectivity index (χ1n) is 12.2. The molecule has 7 nitrogen and oxygen atoms in total. The molecule has 2 atom stereocenters. The smallest absolute Gasteiger partial charge is 0.410 e. The maximum atomic E-state index is 12.3. The number of anilines is 1. The summed E-state index contributed by atoms with van der Waals surface area (Å²) in [4.78, 5) is 19.0. The number of benzene rings is 2. The highest BCUT2D eigenvalue weighted by Gasteiger charge is 2.36. The summed E-state index contributed by atoms with van der Waals surface area (Å²) in [6.45, 7) is 7.07. The number of amides is 1. The Balaban J connectivity index is 1.01. The summed E-state index contributed by atoms with van der Waals surface area (Å²) in [6.07, 6.45) is 2.34. The van der Waals surface area contributed by atoms with Crippen LogP contribution in [0.5, 0.6) is 5.75 Å². The SMILES string of the molecule is O=C(OCc1ccccc1)N1CCN(CCOc2ccc(N3[C@@H]4CC[C@H]3CNC4)cc2)CC1. The van der Waals surface area contributed by atoms with Gasteiger partial charge in [-0.05, 0) is 42.7 Å². The zero-order valence-corrected chi connectivity index (χ0v) is 19.2. The molecule has 33 heavy (non-hydrogen) atoms. The van der Waals surface area contributed by atoms with E-state index in [0.717, 1.165) is 44.0 Å². The number of nitrogens with zero attached hydrogens (tertiary/aromatic N) is 3. The molecule has 2 aromatic carbocycles. The highest BCUT2D eigenvalue weighted by molar-refractivity contribution is 5.67. The van der Waals surface area contributed by atoms with Gasteiger partial charge in [0.05, 0.1) is 0 Å². The van der Waals surface area contributed by atoms with Crippen LogP contribution in [0.2, 0.25) is 0 Å².